The molecule has 180 valence electrons. The zero-order valence-electron chi connectivity index (χ0n) is 19.9. The van der Waals surface area contributed by atoms with Gasteiger partial charge in [0.25, 0.3) is 5.56 Å². The Bertz CT molecular complexity index is 1390. The van der Waals surface area contributed by atoms with Gasteiger partial charge >= 0.3 is 5.69 Å². The molecular weight excluding hydrogens is 434 g/mol. The van der Waals surface area contributed by atoms with Gasteiger partial charge in [0.15, 0.2) is 11.2 Å². The molecule has 3 heterocycles. The fraction of sp³-hybridized carbons (Fsp3) is 0.440. The maximum atomic E-state index is 13.3. The standard InChI is InChI=1S/C25H31N5O4/c1-4-6-12-28-16-26-23-22(28)24(32)30(25(33)29(23)13-7-5-2)15-21(31)27-17(3)20-14-18-10-8-9-11-19(18)34-20/h8-11,14,16-17H,4-7,12-13,15H2,1-3H3,(H,27,31). The molecule has 0 saturated heterocycles. The maximum Gasteiger partial charge on any atom is 0.333 e. The Balaban J connectivity index is 1.64. The zero-order chi connectivity index (χ0) is 24.2. The largest absolute Gasteiger partial charge is 0.459 e. The number of fused-ring (bicyclic) bond motifs is 2. The molecule has 34 heavy (non-hydrogen) atoms. The fourth-order valence-corrected chi connectivity index (χ4v) is 4.11. The van der Waals surface area contributed by atoms with Crippen LogP contribution in [0.25, 0.3) is 22.1 Å². The third-order valence-electron chi connectivity index (χ3n) is 6.02. The lowest BCUT2D eigenvalue weighted by Gasteiger charge is -2.14. The Morgan fingerprint density at radius 1 is 1.09 bits per heavy atom. The van der Waals surface area contributed by atoms with E-state index in [1.54, 1.807) is 17.8 Å². The highest BCUT2D eigenvalue weighted by atomic mass is 16.3. The molecule has 9 nitrogen and oxygen atoms in total. The number of amides is 1. The van der Waals surface area contributed by atoms with Crippen LogP contribution in [0.1, 0.15) is 58.3 Å². The van der Waals surface area contributed by atoms with Gasteiger partial charge in [-0.25, -0.2) is 14.3 Å². The van der Waals surface area contributed by atoms with Crippen molar-refractivity contribution in [3.8, 4) is 0 Å². The van der Waals surface area contributed by atoms with Gasteiger partial charge in [0, 0.05) is 18.5 Å². The summed E-state index contributed by atoms with van der Waals surface area (Å²) in [6, 6.07) is 9.06. The quantitative estimate of drug-likeness (QED) is 0.385. The van der Waals surface area contributed by atoms with Gasteiger partial charge in [-0.15, -0.1) is 0 Å². The van der Waals surface area contributed by atoms with Crippen molar-refractivity contribution in [2.24, 2.45) is 0 Å². The van der Waals surface area contributed by atoms with E-state index in [1.165, 1.54) is 4.57 Å². The van der Waals surface area contributed by atoms with Crippen LogP contribution in [0.5, 0.6) is 0 Å². The average molecular weight is 466 g/mol. The Kier molecular flexibility index (Phi) is 7.00. The van der Waals surface area contributed by atoms with Gasteiger partial charge in [-0.1, -0.05) is 44.9 Å². The molecule has 1 N–H and O–H groups in total. The fourth-order valence-electron chi connectivity index (χ4n) is 4.11. The van der Waals surface area contributed by atoms with E-state index < -0.39 is 23.2 Å². The SMILES string of the molecule is CCCCn1cnc2c1c(=O)n(CC(=O)NC(C)c1cc3ccccc3o1)c(=O)n2CCCC. The van der Waals surface area contributed by atoms with Crippen LogP contribution in [0.2, 0.25) is 0 Å². The first-order chi connectivity index (χ1) is 16.4. The topological polar surface area (TPSA) is 104 Å². The van der Waals surface area contributed by atoms with E-state index in [4.69, 9.17) is 4.42 Å². The highest BCUT2D eigenvalue weighted by molar-refractivity contribution is 5.79. The van der Waals surface area contributed by atoms with E-state index in [0.717, 1.165) is 41.2 Å². The zero-order valence-corrected chi connectivity index (χ0v) is 19.9. The predicted molar refractivity (Wildman–Crippen MR) is 131 cm³/mol. The van der Waals surface area contributed by atoms with E-state index in [1.807, 2.05) is 37.3 Å². The summed E-state index contributed by atoms with van der Waals surface area (Å²) < 4.78 is 10.1. The van der Waals surface area contributed by atoms with Crippen molar-refractivity contribution in [1.82, 2.24) is 24.0 Å². The molecule has 0 spiro atoms. The van der Waals surface area contributed by atoms with E-state index in [2.05, 4.69) is 17.2 Å². The summed E-state index contributed by atoms with van der Waals surface area (Å²) in [6.45, 7) is 6.61. The van der Waals surface area contributed by atoms with Crippen molar-refractivity contribution in [2.45, 2.75) is 72.1 Å². The first kappa shape index (κ1) is 23.5. The lowest BCUT2D eigenvalue weighted by Crippen LogP contribution is -2.44. The van der Waals surface area contributed by atoms with Crippen molar-refractivity contribution in [3.63, 3.8) is 0 Å². The molecular formula is C25H31N5O4. The van der Waals surface area contributed by atoms with Crippen molar-refractivity contribution in [1.29, 1.82) is 0 Å². The number of rotatable bonds is 10. The number of carbonyl (C=O) groups excluding carboxylic acids is 1. The Morgan fingerprint density at radius 3 is 2.56 bits per heavy atom. The molecule has 0 aliphatic heterocycles. The van der Waals surface area contributed by atoms with Gasteiger partial charge < -0.3 is 14.3 Å². The number of nitrogens with one attached hydrogen (secondary N) is 1. The molecule has 0 saturated carbocycles. The number of aryl methyl sites for hydroxylation is 2. The highest BCUT2D eigenvalue weighted by Crippen LogP contribution is 2.23. The normalized spacial score (nSPS) is 12.4. The summed E-state index contributed by atoms with van der Waals surface area (Å²) in [5.41, 5.74) is 0.472. The summed E-state index contributed by atoms with van der Waals surface area (Å²) in [5, 5.41) is 3.79. The van der Waals surface area contributed by atoms with Crippen LogP contribution in [0.15, 0.2) is 50.7 Å². The molecule has 1 atom stereocenters. The third-order valence-corrected chi connectivity index (χ3v) is 6.02. The van der Waals surface area contributed by atoms with Gasteiger partial charge in [-0.3, -0.25) is 14.2 Å². The molecule has 0 aliphatic carbocycles. The smallest absolute Gasteiger partial charge is 0.333 e. The number of imidazole rings is 1. The van der Waals surface area contributed by atoms with Gasteiger partial charge in [-0.2, -0.15) is 0 Å². The summed E-state index contributed by atoms with van der Waals surface area (Å²) in [6.07, 6.45) is 5.11. The number of carbonyl (C=O) groups is 1. The predicted octanol–water partition coefficient (Wildman–Crippen LogP) is 3.58. The first-order valence-electron chi connectivity index (χ1n) is 11.9. The molecule has 0 fully saturated rings. The van der Waals surface area contributed by atoms with Gasteiger partial charge in [-0.05, 0) is 31.9 Å². The lowest BCUT2D eigenvalue weighted by atomic mass is 10.2. The minimum atomic E-state index is -0.516. The van der Waals surface area contributed by atoms with E-state index in [-0.39, 0.29) is 6.54 Å². The second-order valence-electron chi connectivity index (χ2n) is 8.62. The third kappa shape index (κ3) is 4.55. The van der Waals surface area contributed by atoms with Crippen molar-refractivity contribution < 1.29 is 9.21 Å². The number of para-hydroxylation sites is 1. The Labute approximate surface area is 197 Å². The van der Waals surface area contributed by atoms with Crippen molar-refractivity contribution in [2.75, 3.05) is 0 Å². The van der Waals surface area contributed by atoms with Crippen LogP contribution >= 0.6 is 0 Å². The first-order valence-corrected chi connectivity index (χ1v) is 11.9. The van der Waals surface area contributed by atoms with E-state index >= 15 is 0 Å². The number of aromatic nitrogens is 4. The maximum absolute atomic E-state index is 13.3. The molecule has 0 aliphatic rings. The Morgan fingerprint density at radius 2 is 1.82 bits per heavy atom. The van der Waals surface area contributed by atoms with Crippen LogP contribution < -0.4 is 16.6 Å². The molecule has 0 bridgehead atoms. The van der Waals surface area contributed by atoms with Gasteiger partial charge in [0.2, 0.25) is 5.91 Å². The number of benzene rings is 1. The monoisotopic (exact) mass is 465 g/mol. The second kappa shape index (κ2) is 10.1. The molecule has 1 aromatic carbocycles. The molecule has 3 aromatic heterocycles. The molecule has 0 radical (unpaired) electrons. The lowest BCUT2D eigenvalue weighted by molar-refractivity contribution is -0.122. The van der Waals surface area contributed by atoms with Crippen molar-refractivity contribution >= 4 is 28.0 Å². The number of furan rings is 1. The molecule has 1 amide bonds. The molecule has 4 rings (SSSR count). The number of nitrogens with zero attached hydrogens (tertiary/aromatic N) is 4. The second-order valence-corrected chi connectivity index (χ2v) is 8.62. The van der Waals surface area contributed by atoms with Crippen LogP contribution in [0.4, 0.5) is 0 Å². The Hall–Kier alpha value is -3.62. The molecule has 9 heteroatoms. The van der Waals surface area contributed by atoms with Crippen LogP contribution in [-0.4, -0.2) is 24.6 Å². The van der Waals surface area contributed by atoms with Crippen LogP contribution in [-0.2, 0) is 24.4 Å². The number of hydrogen-bond acceptors (Lipinski definition) is 5. The molecule has 4 aromatic rings. The van der Waals surface area contributed by atoms with Gasteiger partial charge in [0.1, 0.15) is 17.9 Å². The average Bonchev–Trinajstić information content (AvgIpc) is 3.45. The summed E-state index contributed by atoms with van der Waals surface area (Å²) >= 11 is 0. The summed E-state index contributed by atoms with van der Waals surface area (Å²) in [4.78, 5) is 43.8. The minimum absolute atomic E-state index is 0.363. The number of unbranched alkanes of at least 4 members (excludes halogenated alkanes) is 2. The summed E-state index contributed by atoms with van der Waals surface area (Å²) in [5.74, 6) is 0.170. The van der Waals surface area contributed by atoms with Crippen LogP contribution in [0.3, 0.4) is 0 Å². The van der Waals surface area contributed by atoms with E-state index in [0.29, 0.717) is 30.0 Å². The van der Waals surface area contributed by atoms with Crippen LogP contribution in [0, 0.1) is 0 Å². The van der Waals surface area contributed by atoms with Gasteiger partial charge in [0.05, 0.1) is 12.4 Å². The minimum Gasteiger partial charge on any atom is -0.459 e. The molecule has 1 unspecified atom stereocenters. The van der Waals surface area contributed by atoms with Crippen molar-refractivity contribution in [3.05, 3.63) is 63.3 Å². The summed E-state index contributed by atoms with van der Waals surface area (Å²) in [7, 11) is 0. The number of hydrogen-bond donors (Lipinski definition) is 1. The van der Waals surface area contributed by atoms with E-state index in [9.17, 15) is 14.4 Å². The highest BCUT2D eigenvalue weighted by Gasteiger charge is 2.21.